The molecule has 4 rings (SSSR count). The Kier molecular flexibility index (Phi) is 7.37. The number of anilines is 1. The number of benzene rings is 2. The predicted molar refractivity (Wildman–Crippen MR) is 136 cm³/mol. The molecule has 1 fully saturated rings. The molecule has 3 aromatic rings. The van der Waals surface area contributed by atoms with Gasteiger partial charge in [0.2, 0.25) is 0 Å². The fourth-order valence-corrected chi connectivity index (χ4v) is 5.75. The topological polar surface area (TPSA) is 99.5 Å². The first kappa shape index (κ1) is 25.1. The lowest BCUT2D eigenvalue weighted by atomic mass is 10.1. The number of aryl methyl sites for hydroxylation is 1. The van der Waals surface area contributed by atoms with E-state index in [-0.39, 0.29) is 36.2 Å². The first-order valence-electron chi connectivity index (χ1n) is 11.4. The minimum Gasteiger partial charge on any atom is -0.491 e. The van der Waals surface area contributed by atoms with Crippen molar-refractivity contribution in [2.45, 2.75) is 39.3 Å². The Labute approximate surface area is 210 Å². The maximum atomic E-state index is 12.7. The zero-order valence-corrected chi connectivity index (χ0v) is 21.4. The van der Waals surface area contributed by atoms with Crippen molar-refractivity contribution < 1.29 is 22.7 Å². The third-order valence-corrected chi connectivity index (χ3v) is 7.58. The van der Waals surface area contributed by atoms with Crippen LogP contribution in [0.2, 0.25) is 5.02 Å². The molecular formula is C25H28ClN3O5S. The smallest absolute Gasteiger partial charge is 0.263 e. The van der Waals surface area contributed by atoms with Gasteiger partial charge in [-0.2, -0.15) is 5.10 Å². The van der Waals surface area contributed by atoms with Crippen LogP contribution in [-0.4, -0.2) is 48.3 Å². The van der Waals surface area contributed by atoms with Gasteiger partial charge >= 0.3 is 0 Å². The third kappa shape index (κ3) is 6.35. The van der Waals surface area contributed by atoms with E-state index >= 15 is 0 Å². The summed E-state index contributed by atoms with van der Waals surface area (Å²) in [5.74, 6) is 1.42. The number of hydrogen-bond acceptors (Lipinski definition) is 6. The average Bonchev–Trinajstić information content (AvgIpc) is 3.37. The molecule has 1 atom stereocenters. The van der Waals surface area contributed by atoms with Crippen molar-refractivity contribution in [1.82, 2.24) is 9.78 Å². The van der Waals surface area contributed by atoms with E-state index in [4.69, 9.17) is 21.1 Å². The summed E-state index contributed by atoms with van der Waals surface area (Å²) < 4.78 is 37.2. The van der Waals surface area contributed by atoms with Gasteiger partial charge in [-0.25, -0.2) is 13.1 Å². The predicted octanol–water partition coefficient (Wildman–Crippen LogP) is 4.68. The number of halogens is 1. The van der Waals surface area contributed by atoms with Gasteiger partial charge in [-0.1, -0.05) is 11.6 Å². The number of sulfone groups is 1. The summed E-state index contributed by atoms with van der Waals surface area (Å²) in [4.78, 5) is 12.7. The molecule has 1 N–H and O–H groups in total. The van der Waals surface area contributed by atoms with Gasteiger partial charge in [0.1, 0.15) is 17.3 Å². The molecule has 186 valence electrons. The van der Waals surface area contributed by atoms with E-state index in [2.05, 4.69) is 10.4 Å². The number of aromatic nitrogens is 2. The van der Waals surface area contributed by atoms with Gasteiger partial charge in [0, 0.05) is 16.7 Å². The summed E-state index contributed by atoms with van der Waals surface area (Å²) in [6, 6.07) is 13.9. The molecule has 0 radical (unpaired) electrons. The Morgan fingerprint density at radius 3 is 2.57 bits per heavy atom. The van der Waals surface area contributed by atoms with Crippen molar-refractivity contribution in [2.75, 3.05) is 23.4 Å². The monoisotopic (exact) mass is 517 g/mol. The minimum atomic E-state index is -3.14. The molecule has 0 spiro atoms. The molecule has 0 bridgehead atoms. The lowest BCUT2D eigenvalue weighted by molar-refractivity contribution is -0.118. The second-order valence-corrected chi connectivity index (χ2v) is 11.5. The SMILES string of the molecule is Cc1cc(-c2cc(NC(=O)COc3ccc(Cl)cc3)n([C@@H]3CCS(=O)(=O)C3)n2)ccc1OC(C)C. The van der Waals surface area contributed by atoms with E-state index in [0.29, 0.717) is 28.7 Å². The molecule has 1 aliphatic rings. The number of carbonyl (C=O) groups excluding carboxylic acids is 1. The fraction of sp³-hybridized carbons (Fsp3) is 0.360. The molecule has 35 heavy (non-hydrogen) atoms. The van der Waals surface area contributed by atoms with Gasteiger partial charge in [-0.05, 0) is 75.2 Å². The van der Waals surface area contributed by atoms with Gasteiger partial charge in [0.05, 0.1) is 29.3 Å². The maximum absolute atomic E-state index is 12.7. The normalized spacial score (nSPS) is 16.9. The molecule has 1 saturated heterocycles. The molecule has 2 heterocycles. The van der Waals surface area contributed by atoms with Crippen LogP contribution < -0.4 is 14.8 Å². The largest absolute Gasteiger partial charge is 0.491 e. The molecule has 8 nitrogen and oxygen atoms in total. The molecule has 2 aromatic carbocycles. The van der Waals surface area contributed by atoms with Crippen LogP contribution in [0, 0.1) is 6.92 Å². The molecule has 1 aromatic heterocycles. The van der Waals surface area contributed by atoms with E-state index < -0.39 is 9.84 Å². The summed E-state index contributed by atoms with van der Waals surface area (Å²) in [6.45, 7) is 5.68. The molecule has 0 aliphatic carbocycles. The zero-order chi connectivity index (χ0) is 25.2. The van der Waals surface area contributed by atoms with Crippen LogP contribution in [0.15, 0.2) is 48.5 Å². The zero-order valence-electron chi connectivity index (χ0n) is 19.8. The quantitative estimate of drug-likeness (QED) is 0.466. The number of amides is 1. The molecule has 0 unspecified atom stereocenters. The van der Waals surface area contributed by atoms with E-state index in [9.17, 15) is 13.2 Å². The molecule has 0 saturated carbocycles. The van der Waals surface area contributed by atoms with Crippen molar-refractivity contribution in [3.05, 3.63) is 59.1 Å². The minimum absolute atomic E-state index is 0.0154. The van der Waals surface area contributed by atoms with Gasteiger partial charge in [0.25, 0.3) is 5.91 Å². The van der Waals surface area contributed by atoms with E-state index in [1.54, 1.807) is 35.0 Å². The number of nitrogens with one attached hydrogen (secondary N) is 1. The second-order valence-electron chi connectivity index (χ2n) is 8.85. The number of ether oxygens (including phenoxy) is 2. The summed E-state index contributed by atoms with van der Waals surface area (Å²) >= 11 is 5.88. The van der Waals surface area contributed by atoms with E-state index in [0.717, 1.165) is 16.9 Å². The number of nitrogens with zero attached hydrogens (tertiary/aromatic N) is 2. The van der Waals surface area contributed by atoms with Crippen LogP contribution in [0.4, 0.5) is 5.82 Å². The lowest BCUT2D eigenvalue weighted by Crippen LogP contribution is -2.23. The van der Waals surface area contributed by atoms with Crippen LogP contribution in [-0.2, 0) is 14.6 Å². The number of carbonyl (C=O) groups is 1. The van der Waals surface area contributed by atoms with Crippen molar-refractivity contribution in [3.63, 3.8) is 0 Å². The summed E-state index contributed by atoms with van der Waals surface area (Å²) in [5.41, 5.74) is 2.42. The standard InChI is InChI=1S/C25H28ClN3O5S/c1-16(2)34-23-9-4-18(12-17(23)3)22-13-24(29(28-22)20-10-11-35(31,32)15-20)27-25(30)14-33-21-7-5-19(26)6-8-21/h4-9,12-13,16,20H,10-11,14-15H2,1-3H3,(H,27,30)/t20-/m1/s1. The Morgan fingerprint density at radius 2 is 1.94 bits per heavy atom. The highest BCUT2D eigenvalue weighted by molar-refractivity contribution is 7.91. The lowest BCUT2D eigenvalue weighted by Gasteiger charge is -2.14. The van der Waals surface area contributed by atoms with Crippen LogP contribution in [0.1, 0.15) is 31.9 Å². The first-order chi connectivity index (χ1) is 16.6. The molecular weight excluding hydrogens is 490 g/mol. The first-order valence-corrected chi connectivity index (χ1v) is 13.6. The Hall–Kier alpha value is -3.04. The summed E-state index contributed by atoms with van der Waals surface area (Å²) in [7, 11) is -3.14. The molecule has 1 aliphatic heterocycles. The van der Waals surface area contributed by atoms with Gasteiger partial charge in [-0.3, -0.25) is 4.79 Å². The van der Waals surface area contributed by atoms with Crippen molar-refractivity contribution >= 4 is 33.2 Å². The fourth-order valence-electron chi connectivity index (χ4n) is 3.93. The van der Waals surface area contributed by atoms with E-state index in [1.807, 2.05) is 39.0 Å². The van der Waals surface area contributed by atoms with Crippen LogP contribution in [0.3, 0.4) is 0 Å². The van der Waals surface area contributed by atoms with Crippen LogP contribution >= 0.6 is 11.6 Å². The average molecular weight is 518 g/mol. The second kappa shape index (κ2) is 10.3. The van der Waals surface area contributed by atoms with Gasteiger partial charge < -0.3 is 14.8 Å². The Morgan fingerprint density at radius 1 is 1.20 bits per heavy atom. The van der Waals surface area contributed by atoms with Crippen LogP contribution in [0.25, 0.3) is 11.3 Å². The maximum Gasteiger partial charge on any atom is 0.263 e. The van der Waals surface area contributed by atoms with Gasteiger partial charge in [0.15, 0.2) is 16.4 Å². The third-order valence-electron chi connectivity index (χ3n) is 5.57. The highest BCUT2D eigenvalue weighted by Crippen LogP contribution is 2.32. The van der Waals surface area contributed by atoms with Crippen molar-refractivity contribution in [1.29, 1.82) is 0 Å². The Balaban J connectivity index is 1.57. The van der Waals surface area contributed by atoms with Crippen LogP contribution in [0.5, 0.6) is 11.5 Å². The molecule has 1 amide bonds. The highest BCUT2D eigenvalue weighted by Gasteiger charge is 2.32. The van der Waals surface area contributed by atoms with E-state index in [1.165, 1.54) is 0 Å². The Bertz CT molecular complexity index is 1320. The number of hydrogen-bond donors (Lipinski definition) is 1. The summed E-state index contributed by atoms with van der Waals surface area (Å²) in [6.07, 6.45) is 0.494. The molecule has 10 heteroatoms. The highest BCUT2D eigenvalue weighted by atomic mass is 35.5. The van der Waals surface area contributed by atoms with Gasteiger partial charge in [-0.15, -0.1) is 0 Å². The van der Waals surface area contributed by atoms with Crippen molar-refractivity contribution in [3.8, 4) is 22.8 Å². The number of rotatable bonds is 8. The van der Waals surface area contributed by atoms with Crippen molar-refractivity contribution in [2.24, 2.45) is 0 Å². The summed E-state index contributed by atoms with van der Waals surface area (Å²) in [5, 5.41) is 8.08.